The summed E-state index contributed by atoms with van der Waals surface area (Å²) in [6.07, 6.45) is 2.16. The molecule has 2 aromatic rings. The molecular weight excluding hydrogens is 436 g/mol. The number of carbonyl (C=O) groups is 2. The number of carbonyl (C=O) groups excluding carboxylic acids is 2. The highest BCUT2D eigenvalue weighted by molar-refractivity contribution is 6.33. The van der Waals surface area contributed by atoms with E-state index in [2.05, 4.69) is 38.1 Å². The molecule has 3 aliphatic rings. The molecule has 1 amide bonds. The van der Waals surface area contributed by atoms with E-state index in [1.54, 1.807) is 11.0 Å². The largest absolute Gasteiger partial charge is 0.444 e. The number of ketones is 1. The van der Waals surface area contributed by atoms with Crippen molar-refractivity contribution in [1.29, 1.82) is 5.26 Å². The summed E-state index contributed by atoms with van der Waals surface area (Å²) in [5.41, 5.74) is 6.91. The zero-order valence-electron chi connectivity index (χ0n) is 21.2. The van der Waals surface area contributed by atoms with Crippen molar-refractivity contribution in [1.82, 2.24) is 4.90 Å². The van der Waals surface area contributed by atoms with E-state index in [9.17, 15) is 14.9 Å². The van der Waals surface area contributed by atoms with Gasteiger partial charge in [0.25, 0.3) is 0 Å². The second-order valence-corrected chi connectivity index (χ2v) is 11.5. The quantitative estimate of drug-likeness (QED) is 0.503. The number of benzene rings is 2. The molecule has 5 rings (SSSR count). The van der Waals surface area contributed by atoms with Crippen LogP contribution in [0.25, 0.3) is 5.57 Å². The highest BCUT2D eigenvalue weighted by Gasteiger charge is 2.43. The maximum atomic E-state index is 13.8. The molecule has 2 aromatic carbocycles. The molecule has 0 atom stereocenters. The fourth-order valence-electron chi connectivity index (χ4n) is 5.86. The smallest absolute Gasteiger partial charge is 0.410 e. The number of hydrogen-bond acceptors (Lipinski definition) is 4. The van der Waals surface area contributed by atoms with Crippen molar-refractivity contribution >= 4 is 17.4 Å². The molecule has 1 fully saturated rings. The monoisotopic (exact) mass is 468 g/mol. The van der Waals surface area contributed by atoms with Crippen LogP contribution in [-0.4, -0.2) is 35.5 Å². The number of nitriles is 1. The Morgan fingerprint density at radius 2 is 1.80 bits per heavy atom. The lowest BCUT2D eigenvalue weighted by Gasteiger charge is -2.36. The highest BCUT2D eigenvalue weighted by atomic mass is 16.6. The zero-order valence-corrected chi connectivity index (χ0v) is 21.2. The van der Waals surface area contributed by atoms with Crippen molar-refractivity contribution in [2.24, 2.45) is 0 Å². The Bertz CT molecular complexity index is 1310. The van der Waals surface area contributed by atoms with Gasteiger partial charge >= 0.3 is 6.09 Å². The summed E-state index contributed by atoms with van der Waals surface area (Å²) in [4.78, 5) is 28.1. The Labute approximate surface area is 207 Å². The number of allylic oxidation sites excluding steroid dienone is 2. The van der Waals surface area contributed by atoms with Crippen LogP contribution >= 0.6 is 0 Å². The van der Waals surface area contributed by atoms with E-state index in [1.165, 1.54) is 5.56 Å². The Morgan fingerprint density at radius 1 is 1.09 bits per heavy atom. The first-order chi connectivity index (χ1) is 16.5. The number of amides is 1. The number of nitrogens with zero attached hydrogens (tertiary/aromatic N) is 2. The van der Waals surface area contributed by atoms with Gasteiger partial charge in [-0.1, -0.05) is 32.0 Å². The summed E-state index contributed by atoms with van der Waals surface area (Å²) in [5, 5.41) is 9.32. The lowest BCUT2D eigenvalue weighted by atomic mass is 9.67. The first-order valence-electron chi connectivity index (χ1n) is 12.4. The molecule has 35 heavy (non-hydrogen) atoms. The van der Waals surface area contributed by atoms with Gasteiger partial charge in [-0.2, -0.15) is 5.26 Å². The summed E-state index contributed by atoms with van der Waals surface area (Å²) >= 11 is 0. The summed E-state index contributed by atoms with van der Waals surface area (Å²) < 4.78 is 5.53. The molecular formula is C30H32N2O3. The third-order valence-electron chi connectivity index (χ3n) is 7.73. The van der Waals surface area contributed by atoms with E-state index in [4.69, 9.17) is 4.74 Å². The number of piperidine rings is 1. The fraction of sp³-hybridized carbons (Fsp3) is 0.433. The van der Waals surface area contributed by atoms with Crippen LogP contribution in [0.5, 0.6) is 0 Å². The topological polar surface area (TPSA) is 70.4 Å². The molecule has 1 aliphatic heterocycles. The van der Waals surface area contributed by atoms with Gasteiger partial charge in [0.1, 0.15) is 5.60 Å². The fourth-order valence-corrected chi connectivity index (χ4v) is 5.86. The second-order valence-electron chi connectivity index (χ2n) is 11.5. The van der Waals surface area contributed by atoms with Gasteiger partial charge in [0.05, 0.1) is 11.6 Å². The lowest BCUT2D eigenvalue weighted by Crippen LogP contribution is -2.41. The second kappa shape index (κ2) is 8.09. The van der Waals surface area contributed by atoms with Crippen molar-refractivity contribution < 1.29 is 14.3 Å². The van der Waals surface area contributed by atoms with E-state index in [0.29, 0.717) is 31.0 Å². The van der Waals surface area contributed by atoms with E-state index >= 15 is 0 Å². The van der Waals surface area contributed by atoms with Gasteiger partial charge in [-0.15, -0.1) is 0 Å². The summed E-state index contributed by atoms with van der Waals surface area (Å²) in [6, 6.07) is 14.3. The van der Waals surface area contributed by atoms with E-state index in [0.717, 1.165) is 46.2 Å². The van der Waals surface area contributed by atoms with E-state index in [-0.39, 0.29) is 17.3 Å². The molecule has 0 bridgehead atoms. The number of fused-ring (bicyclic) bond motifs is 3. The van der Waals surface area contributed by atoms with Crippen molar-refractivity contribution in [3.8, 4) is 6.07 Å². The summed E-state index contributed by atoms with van der Waals surface area (Å²) in [7, 11) is 0. The number of likely N-dealkylation sites (tertiary alicyclic amines) is 1. The Balaban J connectivity index is 1.41. The SMILES string of the molecule is CC(C)(C)OC(=O)N1CCC(c2ccc3c(c2)C(=O)C2=C(Cc4cc(C#N)ccc42)C3(C)C)CC1. The third kappa shape index (κ3) is 3.95. The molecule has 2 aliphatic carbocycles. The van der Waals surface area contributed by atoms with Crippen molar-refractivity contribution in [2.45, 2.75) is 70.8 Å². The molecule has 1 heterocycles. The number of ether oxygens (including phenoxy) is 1. The highest BCUT2D eigenvalue weighted by Crippen LogP contribution is 2.50. The van der Waals surface area contributed by atoms with Gasteiger partial charge in [-0.05, 0) is 92.0 Å². The molecule has 0 unspecified atom stereocenters. The van der Waals surface area contributed by atoms with Crippen LogP contribution in [0.15, 0.2) is 42.0 Å². The average Bonchev–Trinajstić information content (AvgIpc) is 3.21. The number of hydrogen-bond donors (Lipinski definition) is 0. The number of Topliss-reactive ketones (excluding diaryl/α,β-unsaturated/α-hetero) is 1. The van der Waals surface area contributed by atoms with Gasteiger partial charge in [0.15, 0.2) is 5.78 Å². The van der Waals surface area contributed by atoms with Crippen LogP contribution in [0.4, 0.5) is 4.79 Å². The minimum atomic E-state index is -0.498. The van der Waals surface area contributed by atoms with E-state index in [1.807, 2.05) is 32.9 Å². The predicted molar refractivity (Wildman–Crippen MR) is 135 cm³/mol. The normalized spacial score (nSPS) is 19.1. The van der Waals surface area contributed by atoms with Gasteiger partial charge in [-0.25, -0.2) is 4.79 Å². The van der Waals surface area contributed by atoms with Crippen LogP contribution in [0.2, 0.25) is 0 Å². The first-order valence-corrected chi connectivity index (χ1v) is 12.4. The van der Waals surface area contributed by atoms with Gasteiger partial charge < -0.3 is 9.64 Å². The molecule has 180 valence electrons. The Hall–Kier alpha value is -3.39. The maximum absolute atomic E-state index is 13.8. The molecule has 5 heteroatoms. The standard InChI is InChI=1S/C30H32N2O3/c1-29(2,3)35-28(34)32-12-10-19(11-13-32)20-7-9-24-23(15-20)27(33)26-22-8-6-18(17-31)14-21(22)16-25(26)30(24,4)5/h6-9,14-15,19H,10-13,16H2,1-5H3. The Morgan fingerprint density at radius 3 is 2.46 bits per heavy atom. The van der Waals surface area contributed by atoms with E-state index < -0.39 is 5.60 Å². The van der Waals surface area contributed by atoms with Crippen LogP contribution in [0, 0.1) is 11.3 Å². The summed E-state index contributed by atoms with van der Waals surface area (Å²) in [6.45, 7) is 11.4. The first kappa shape index (κ1) is 23.4. The van der Waals surface area contributed by atoms with Crippen LogP contribution in [0.3, 0.4) is 0 Å². The molecule has 1 saturated heterocycles. The molecule has 0 spiro atoms. The minimum Gasteiger partial charge on any atom is -0.444 e. The molecule has 0 saturated carbocycles. The maximum Gasteiger partial charge on any atom is 0.410 e. The van der Waals surface area contributed by atoms with Crippen molar-refractivity contribution in [3.05, 3.63) is 75.4 Å². The van der Waals surface area contributed by atoms with Crippen LogP contribution in [0.1, 0.15) is 91.6 Å². The molecule has 0 aromatic heterocycles. The minimum absolute atomic E-state index is 0.0887. The van der Waals surface area contributed by atoms with Gasteiger partial charge in [-0.3, -0.25) is 4.79 Å². The molecule has 0 radical (unpaired) electrons. The predicted octanol–water partition coefficient (Wildman–Crippen LogP) is 6.16. The Kier molecular flexibility index (Phi) is 5.40. The third-order valence-corrected chi connectivity index (χ3v) is 7.73. The van der Waals surface area contributed by atoms with Gasteiger partial charge in [0, 0.05) is 29.6 Å². The van der Waals surface area contributed by atoms with Crippen molar-refractivity contribution in [2.75, 3.05) is 13.1 Å². The molecule has 0 N–H and O–H groups in total. The summed E-state index contributed by atoms with van der Waals surface area (Å²) in [5.74, 6) is 0.394. The van der Waals surface area contributed by atoms with Crippen LogP contribution in [-0.2, 0) is 16.6 Å². The van der Waals surface area contributed by atoms with Crippen molar-refractivity contribution in [3.63, 3.8) is 0 Å². The van der Waals surface area contributed by atoms with Crippen LogP contribution < -0.4 is 0 Å². The molecule has 5 nitrogen and oxygen atoms in total. The number of rotatable bonds is 1. The van der Waals surface area contributed by atoms with Gasteiger partial charge in [0.2, 0.25) is 0 Å². The average molecular weight is 469 g/mol. The lowest BCUT2D eigenvalue weighted by molar-refractivity contribution is 0.0205. The zero-order chi connectivity index (χ0) is 25.1.